The summed E-state index contributed by atoms with van der Waals surface area (Å²) < 4.78 is 5.17. The average Bonchev–Trinajstić information content (AvgIpc) is 2.21. The van der Waals surface area contributed by atoms with Gasteiger partial charge in [0, 0.05) is 7.05 Å². The summed E-state index contributed by atoms with van der Waals surface area (Å²) in [6, 6.07) is 5.72. The zero-order chi connectivity index (χ0) is 10.6. The summed E-state index contributed by atoms with van der Waals surface area (Å²) in [7, 11) is 3.27. The number of hydrogen-bond acceptors (Lipinski definition) is 2. The molecular weight excluding hydrogens is 178 g/mol. The van der Waals surface area contributed by atoms with Gasteiger partial charge in [0.15, 0.2) is 0 Å². The van der Waals surface area contributed by atoms with E-state index in [4.69, 9.17) is 4.74 Å². The zero-order valence-electron chi connectivity index (χ0n) is 8.76. The van der Waals surface area contributed by atoms with Crippen molar-refractivity contribution in [3.05, 3.63) is 29.3 Å². The summed E-state index contributed by atoms with van der Waals surface area (Å²) in [6.07, 6.45) is 0.402. The minimum absolute atomic E-state index is 0.0151. The molecule has 3 nitrogen and oxygen atoms in total. The number of hydrogen-bond donors (Lipinski definition) is 1. The van der Waals surface area contributed by atoms with Gasteiger partial charge in [0.05, 0.1) is 13.5 Å². The van der Waals surface area contributed by atoms with Crippen LogP contribution in [-0.4, -0.2) is 20.1 Å². The highest BCUT2D eigenvalue weighted by Gasteiger charge is 2.07. The Morgan fingerprint density at radius 3 is 2.79 bits per heavy atom. The highest BCUT2D eigenvalue weighted by atomic mass is 16.5. The second kappa shape index (κ2) is 4.65. The van der Waals surface area contributed by atoms with Gasteiger partial charge in [-0.25, -0.2) is 0 Å². The van der Waals surface area contributed by atoms with Crippen molar-refractivity contribution in [1.29, 1.82) is 0 Å². The number of benzene rings is 1. The average molecular weight is 193 g/mol. The number of nitrogens with one attached hydrogen (secondary N) is 1. The summed E-state index contributed by atoms with van der Waals surface area (Å²) in [5, 5.41) is 2.60. The maximum absolute atomic E-state index is 11.2. The van der Waals surface area contributed by atoms with Crippen molar-refractivity contribution in [3.8, 4) is 5.75 Å². The lowest BCUT2D eigenvalue weighted by Crippen LogP contribution is -2.20. The van der Waals surface area contributed by atoms with Gasteiger partial charge in [-0.3, -0.25) is 4.79 Å². The van der Waals surface area contributed by atoms with Crippen LogP contribution >= 0.6 is 0 Å². The van der Waals surface area contributed by atoms with E-state index in [1.165, 1.54) is 0 Å². The summed E-state index contributed by atoms with van der Waals surface area (Å²) in [5.41, 5.74) is 2.03. The predicted octanol–water partition coefficient (Wildman–Crippen LogP) is 1.29. The molecule has 0 saturated heterocycles. The standard InChI is InChI=1S/C11H15NO2/c1-8-9(7-11(13)12-2)5-4-6-10(8)14-3/h4-6H,7H2,1-3H3,(H,12,13). The Kier molecular flexibility index (Phi) is 3.51. The monoisotopic (exact) mass is 193 g/mol. The Labute approximate surface area is 84.1 Å². The number of amides is 1. The molecule has 0 spiro atoms. The first kappa shape index (κ1) is 10.6. The van der Waals surface area contributed by atoms with Gasteiger partial charge in [-0.1, -0.05) is 12.1 Å². The van der Waals surface area contributed by atoms with Crippen LogP contribution in [0, 0.1) is 6.92 Å². The fourth-order valence-electron chi connectivity index (χ4n) is 1.33. The molecule has 1 amide bonds. The first-order valence-corrected chi connectivity index (χ1v) is 4.52. The SMILES string of the molecule is CNC(=O)Cc1cccc(OC)c1C. The predicted molar refractivity (Wildman–Crippen MR) is 55.5 cm³/mol. The first-order valence-electron chi connectivity index (χ1n) is 4.52. The number of likely N-dealkylation sites (N-methyl/N-ethyl adjacent to an activating group) is 1. The molecule has 0 radical (unpaired) electrons. The van der Waals surface area contributed by atoms with Crippen LogP contribution in [0.4, 0.5) is 0 Å². The van der Waals surface area contributed by atoms with Crippen molar-refractivity contribution in [2.24, 2.45) is 0 Å². The molecule has 0 heterocycles. The number of ether oxygens (including phenoxy) is 1. The third kappa shape index (κ3) is 2.25. The molecule has 0 aliphatic heterocycles. The smallest absolute Gasteiger partial charge is 0.224 e. The number of carbonyl (C=O) groups is 1. The number of methoxy groups -OCH3 is 1. The van der Waals surface area contributed by atoms with E-state index in [1.54, 1.807) is 14.2 Å². The van der Waals surface area contributed by atoms with Crippen LogP contribution in [0.5, 0.6) is 5.75 Å². The van der Waals surface area contributed by atoms with Gasteiger partial charge < -0.3 is 10.1 Å². The fourth-order valence-corrected chi connectivity index (χ4v) is 1.33. The van der Waals surface area contributed by atoms with E-state index < -0.39 is 0 Å². The summed E-state index contributed by atoms with van der Waals surface area (Å²) in [4.78, 5) is 11.2. The van der Waals surface area contributed by atoms with Gasteiger partial charge in [0.1, 0.15) is 5.75 Å². The Morgan fingerprint density at radius 2 is 2.21 bits per heavy atom. The van der Waals surface area contributed by atoms with Crippen LogP contribution in [0.15, 0.2) is 18.2 Å². The normalized spacial score (nSPS) is 9.64. The lowest BCUT2D eigenvalue weighted by atomic mass is 10.0. The summed E-state index contributed by atoms with van der Waals surface area (Å²) in [5.74, 6) is 0.841. The maximum atomic E-state index is 11.2. The van der Waals surface area contributed by atoms with E-state index in [0.29, 0.717) is 6.42 Å². The molecule has 0 bridgehead atoms. The summed E-state index contributed by atoms with van der Waals surface area (Å²) >= 11 is 0. The molecule has 0 saturated carbocycles. The van der Waals surface area contributed by atoms with Crippen LogP contribution in [0.2, 0.25) is 0 Å². The van der Waals surface area contributed by atoms with Crippen LogP contribution in [0.1, 0.15) is 11.1 Å². The molecular formula is C11H15NO2. The Bertz CT molecular complexity index is 334. The molecule has 0 aliphatic rings. The number of rotatable bonds is 3. The van der Waals surface area contributed by atoms with E-state index in [-0.39, 0.29) is 5.91 Å². The second-order valence-electron chi connectivity index (χ2n) is 3.09. The van der Waals surface area contributed by atoms with Crippen molar-refractivity contribution in [1.82, 2.24) is 5.32 Å². The highest BCUT2D eigenvalue weighted by molar-refractivity contribution is 5.78. The van der Waals surface area contributed by atoms with Crippen LogP contribution in [0.3, 0.4) is 0 Å². The third-order valence-corrected chi connectivity index (χ3v) is 2.25. The summed E-state index contributed by atoms with van der Waals surface area (Å²) in [6.45, 7) is 1.96. The lowest BCUT2D eigenvalue weighted by molar-refractivity contribution is -0.119. The minimum Gasteiger partial charge on any atom is -0.496 e. The van der Waals surface area contributed by atoms with E-state index in [1.807, 2.05) is 25.1 Å². The molecule has 0 atom stereocenters. The molecule has 14 heavy (non-hydrogen) atoms. The quantitative estimate of drug-likeness (QED) is 0.785. The Balaban J connectivity index is 2.92. The van der Waals surface area contributed by atoms with Gasteiger partial charge in [-0.2, -0.15) is 0 Å². The second-order valence-corrected chi connectivity index (χ2v) is 3.09. The van der Waals surface area contributed by atoms with Gasteiger partial charge in [0.2, 0.25) is 5.91 Å². The fraction of sp³-hybridized carbons (Fsp3) is 0.364. The van der Waals surface area contributed by atoms with Gasteiger partial charge >= 0.3 is 0 Å². The molecule has 0 aliphatic carbocycles. The van der Waals surface area contributed by atoms with Crippen LogP contribution in [0.25, 0.3) is 0 Å². The molecule has 1 N–H and O–H groups in total. The molecule has 1 aromatic rings. The van der Waals surface area contributed by atoms with Crippen molar-refractivity contribution in [2.45, 2.75) is 13.3 Å². The van der Waals surface area contributed by atoms with Crippen molar-refractivity contribution in [3.63, 3.8) is 0 Å². The Morgan fingerprint density at radius 1 is 1.50 bits per heavy atom. The van der Waals surface area contributed by atoms with Crippen molar-refractivity contribution < 1.29 is 9.53 Å². The minimum atomic E-state index is 0.0151. The largest absolute Gasteiger partial charge is 0.496 e. The number of carbonyl (C=O) groups excluding carboxylic acids is 1. The van der Waals surface area contributed by atoms with E-state index >= 15 is 0 Å². The topological polar surface area (TPSA) is 38.3 Å². The molecule has 0 aromatic heterocycles. The first-order chi connectivity index (χ1) is 6.69. The highest BCUT2D eigenvalue weighted by Crippen LogP contribution is 2.20. The molecule has 0 unspecified atom stereocenters. The van der Waals surface area contributed by atoms with Gasteiger partial charge in [-0.05, 0) is 24.1 Å². The van der Waals surface area contributed by atoms with Crippen LogP contribution in [-0.2, 0) is 11.2 Å². The maximum Gasteiger partial charge on any atom is 0.224 e. The zero-order valence-corrected chi connectivity index (χ0v) is 8.76. The van der Waals surface area contributed by atoms with E-state index in [9.17, 15) is 4.79 Å². The Hall–Kier alpha value is -1.51. The lowest BCUT2D eigenvalue weighted by Gasteiger charge is -2.09. The molecule has 0 fully saturated rings. The molecule has 76 valence electrons. The van der Waals surface area contributed by atoms with E-state index in [2.05, 4.69) is 5.32 Å². The molecule has 3 heteroatoms. The molecule has 1 rings (SSSR count). The third-order valence-electron chi connectivity index (χ3n) is 2.25. The van der Waals surface area contributed by atoms with Gasteiger partial charge in [-0.15, -0.1) is 0 Å². The van der Waals surface area contributed by atoms with E-state index in [0.717, 1.165) is 16.9 Å². The van der Waals surface area contributed by atoms with Crippen molar-refractivity contribution in [2.75, 3.05) is 14.2 Å². The molecule has 1 aromatic carbocycles. The van der Waals surface area contributed by atoms with Crippen LogP contribution < -0.4 is 10.1 Å². The van der Waals surface area contributed by atoms with Gasteiger partial charge in [0.25, 0.3) is 0 Å². The van der Waals surface area contributed by atoms with Crippen molar-refractivity contribution >= 4 is 5.91 Å².